The van der Waals surface area contributed by atoms with Gasteiger partial charge >= 0.3 is 0 Å². The quantitative estimate of drug-likeness (QED) is 0.857. The van der Waals surface area contributed by atoms with Crippen LogP contribution < -0.4 is 5.32 Å². The van der Waals surface area contributed by atoms with Crippen molar-refractivity contribution in [1.29, 1.82) is 0 Å². The topological polar surface area (TPSA) is 42.7 Å². The smallest absolute Gasteiger partial charge is 0.137 e. The lowest BCUT2D eigenvalue weighted by molar-refractivity contribution is 0.682. The molecule has 4 nitrogen and oxygen atoms in total. The maximum Gasteiger partial charge on any atom is 0.137 e. The minimum absolute atomic E-state index is 0.647. The van der Waals surface area contributed by atoms with Crippen LogP contribution in [0, 0.1) is 5.92 Å². The Morgan fingerprint density at radius 2 is 2.24 bits per heavy atom. The number of hydrogen-bond acceptors (Lipinski definition) is 3. The standard InChI is InChI=1S/C13H18N4/c1-11(2)7-15-13-5-3-4-12(6-13)8-17-10-14-9-16-17/h3-6,9-11,15H,7-8H2,1-2H3. The Morgan fingerprint density at radius 1 is 1.35 bits per heavy atom. The molecule has 0 saturated carbocycles. The molecule has 1 heterocycles. The fourth-order valence-corrected chi connectivity index (χ4v) is 1.60. The summed E-state index contributed by atoms with van der Waals surface area (Å²) in [6.07, 6.45) is 3.29. The first-order chi connectivity index (χ1) is 8.24. The molecule has 0 saturated heterocycles. The summed E-state index contributed by atoms with van der Waals surface area (Å²) in [5, 5.41) is 7.52. The van der Waals surface area contributed by atoms with E-state index < -0.39 is 0 Å². The van der Waals surface area contributed by atoms with Gasteiger partial charge < -0.3 is 5.32 Å². The largest absolute Gasteiger partial charge is 0.385 e. The fourth-order valence-electron chi connectivity index (χ4n) is 1.60. The molecule has 0 atom stereocenters. The van der Waals surface area contributed by atoms with Crippen LogP contribution >= 0.6 is 0 Å². The van der Waals surface area contributed by atoms with E-state index in [9.17, 15) is 0 Å². The third kappa shape index (κ3) is 3.59. The molecule has 1 aromatic heterocycles. The Hall–Kier alpha value is -1.84. The van der Waals surface area contributed by atoms with Gasteiger partial charge in [0.05, 0.1) is 6.54 Å². The van der Waals surface area contributed by atoms with Crippen LogP contribution in [0.3, 0.4) is 0 Å². The van der Waals surface area contributed by atoms with Crippen molar-refractivity contribution < 1.29 is 0 Å². The molecule has 0 aliphatic carbocycles. The van der Waals surface area contributed by atoms with Gasteiger partial charge in [-0.15, -0.1) is 0 Å². The molecule has 0 aliphatic heterocycles. The maximum absolute atomic E-state index is 4.10. The zero-order valence-electron chi connectivity index (χ0n) is 10.3. The van der Waals surface area contributed by atoms with Crippen molar-refractivity contribution in [3.8, 4) is 0 Å². The molecule has 4 heteroatoms. The van der Waals surface area contributed by atoms with Gasteiger partial charge in [-0.3, -0.25) is 0 Å². The van der Waals surface area contributed by atoms with Crippen LogP contribution in [-0.2, 0) is 6.54 Å². The highest BCUT2D eigenvalue weighted by Gasteiger charge is 1.99. The van der Waals surface area contributed by atoms with E-state index in [4.69, 9.17) is 0 Å². The Balaban J connectivity index is 2.01. The average Bonchev–Trinajstić information content (AvgIpc) is 2.80. The fraction of sp³-hybridized carbons (Fsp3) is 0.385. The van der Waals surface area contributed by atoms with E-state index in [1.54, 1.807) is 12.7 Å². The SMILES string of the molecule is CC(C)CNc1cccc(Cn2cncn2)c1. The molecule has 1 aromatic carbocycles. The normalized spacial score (nSPS) is 10.8. The predicted molar refractivity (Wildman–Crippen MR) is 68.9 cm³/mol. The van der Waals surface area contributed by atoms with Crippen LogP contribution in [0.15, 0.2) is 36.9 Å². The van der Waals surface area contributed by atoms with Crippen molar-refractivity contribution in [1.82, 2.24) is 14.8 Å². The first kappa shape index (κ1) is 11.6. The molecule has 0 spiro atoms. The van der Waals surface area contributed by atoms with Crippen LogP contribution in [0.1, 0.15) is 19.4 Å². The number of hydrogen-bond donors (Lipinski definition) is 1. The number of anilines is 1. The van der Waals surface area contributed by atoms with E-state index in [-0.39, 0.29) is 0 Å². The Labute approximate surface area is 102 Å². The Kier molecular flexibility index (Phi) is 3.75. The molecule has 17 heavy (non-hydrogen) atoms. The first-order valence-corrected chi connectivity index (χ1v) is 5.89. The molecular weight excluding hydrogens is 212 g/mol. The summed E-state index contributed by atoms with van der Waals surface area (Å²) >= 11 is 0. The average molecular weight is 230 g/mol. The van der Waals surface area contributed by atoms with Crippen LogP contribution in [0.4, 0.5) is 5.69 Å². The maximum atomic E-state index is 4.10. The zero-order chi connectivity index (χ0) is 12.1. The van der Waals surface area contributed by atoms with E-state index in [1.807, 2.05) is 4.68 Å². The number of aromatic nitrogens is 3. The molecule has 0 amide bonds. The molecule has 0 bridgehead atoms. The monoisotopic (exact) mass is 230 g/mol. The van der Waals surface area contributed by atoms with E-state index >= 15 is 0 Å². The van der Waals surface area contributed by atoms with Crippen LogP contribution in [0.25, 0.3) is 0 Å². The van der Waals surface area contributed by atoms with E-state index in [1.165, 1.54) is 5.56 Å². The first-order valence-electron chi connectivity index (χ1n) is 5.89. The van der Waals surface area contributed by atoms with Crippen molar-refractivity contribution in [3.63, 3.8) is 0 Å². The van der Waals surface area contributed by atoms with Gasteiger partial charge in [-0.2, -0.15) is 5.10 Å². The number of rotatable bonds is 5. The lowest BCUT2D eigenvalue weighted by atomic mass is 10.2. The van der Waals surface area contributed by atoms with E-state index in [0.29, 0.717) is 5.92 Å². The number of benzene rings is 1. The van der Waals surface area contributed by atoms with Crippen molar-refractivity contribution in [2.75, 3.05) is 11.9 Å². The van der Waals surface area contributed by atoms with Gasteiger partial charge in [-0.05, 0) is 23.6 Å². The van der Waals surface area contributed by atoms with E-state index in [2.05, 4.69) is 53.5 Å². The lowest BCUT2D eigenvalue weighted by Gasteiger charge is -2.10. The molecule has 0 radical (unpaired) electrons. The second kappa shape index (κ2) is 5.48. The van der Waals surface area contributed by atoms with Gasteiger partial charge in [0.1, 0.15) is 12.7 Å². The number of nitrogens with zero attached hydrogens (tertiary/aromatic N) is 3. The van der Waals surface area contributed by atoms with Gasteiger partial charge in [-0.25, -0.2) is 9.67 Å². The minimum atomic E-state index is 0.647. The van der Waals surface area contributed by atoms with Gasteiger partial charge in [0.15, 0.2) is 0 Å². The van der Waals surface area contributed by atoms with E-state index in [0.717, 1.165) is 18.8 Å². The van der Waals surface area contributed by atoms with Crippen molar-refractivity contribution >= 4 is 5.69 Å². The van der Waals surface area contributed by atoms with Crippen LogP contribution in [-0.4, -0.2) is 21.3 Å². The summed E-state index contributed by atoms with van der Waals surface area (Å²) in [6, 6.07) is 8.41. The second-order valence-corrected chi connectivity index (χ2v) is 4.57. The summed E-state index contributed by atoms with van der Waals surface area (Å²) in [7, 11) is 0. The molecule has 2 rings (SSSR count). The zero-order valence-corrected chi connectivity index (χ0v) is 10.3. The summed E-state index contributed by atoms with van der Waals surface area (Å²) < 4.78 is 1.82. The molecule has 0 aliphatic rings. The van der Waals surface area contributed by atoms with Crippen molar-refractivity contribution in [2.45, 2.75) is 20.4 Å². The van der Waals surface area contributed by atoms with Gasteiger partial charge in [0.2, 0.25) is 0 Å². The summed E-state index contributed by atoms with van der Waals surface area (Å²) in [5.41, 5.74) is 2.39. The molecule has 0 unspecified atom stereocenters. The van der Waals surface area contributed by atoms with Crippen LogP contribution in [0.5, 0.6) is 0 Å². The van der Waals surface area contributed by atoms with Gasteiger partial charge in [0, 0.05) is 12.2 Å². The van der Waals surface area contributed by atoms with Gasteiger partial charge in [0.25, 0.3) is 0 Å². The highest BCUT2D eigenvalue weighted by atomic mass is 15.3. The number of nitrogens with one attached hydrogen (secondary N) is 1. The summed E-state index contributed by atoms with van der Waals surface area (Å²) in [4.78, 5) is 3.94. The summed E-state index contributed by atoms with van der Waals surface area (Å²) in [5.74, 6) is 0.647. The molecule has 1 N–H and O–H groups in total. The van der Waals surface area contributed by atoms with Crippen molar-refractivity contribution in [2.24, 2.45) is 5.92 Å². The minimum Gasteiger partial charge on any atom is -0.385 e. The molecule has 90 valence electrons. The van der Waals surface area contributed by atoms with Crippen molar-refractivity contribution in [3.05, 3.63) is 42.5 Å². The third-order valence-electron chi connectivity index (χ3n) is 2.45. The Bertz CT molecular complexity index is 448. The lowest BCUT2D eigenvalue weighted by Crippen LogP contribution is -2.08. The summed E-state index contributed by atoms with van der Waals surface area (Å²) in [6.45, 7) is 6.16. The molecule has 0 fully saturated rings. The highest BCUT2D eigenvalue weighted by molar-refractivity contribution is 5.45. The highest BCUT2D eigenvalue weighted by Crippen LogP contribution is 2.12. The van der Waals surface area contributed by atoms with Gasteiger partial charge in [-0.1, -0.05) is 26.0 Å². The third-order valence-corrected chi connectivity index (χ3v) is 2.45. The molecular formula is C13H18N4. The second-order valence-electron chi connectivity index (χ2n) is 4.57. The Morgan fingerprint density at radius 3 is 2.94 bits per heavy atom. The van der Waals surface area contributed by atoms with Crippen LogP contribution in [0.2, 0.25) is 0 Å². The predicted octanol–water partition coefficient (Wildman–Crippen LogP) is 2.39. The molecule has 2 aromatic rings.